The number of nitrogens with two attached hydrogens (primary N) is 1. The van der Waals surface area contributed by atoms with E-state index in [2.05, 4.69) is 58.4 Å². The highest BCUT2D eigenvalue weighted by atomic mass is 32.2. The number of anilines is 1. The quantitative estimate of drug-likeness (QED) is 0.316. The molecule has 0 aliphatic carbocycles. The van der Waals surface area contributed by atoms with E-state index in [0.29, 0.717) is 17.4 Å². The van der Waals surface area contributed by atoms with Crippen molar-refractivity contribution >= 4 is 29.4 Å². The van der Waals surface area contributed by atoms with Gasteiger partial charge in [-0.05, 0) is 42.7 Å². The van der Waals surface area contributed by atoms with Gasteiger partial charge in [0.1, 0.15) is 0 Å². The Morgan fingerprint density at radius 1 is 1.17 bits per heavy atom. The Morgan fingerprint density at radius 3 is 2.52 bits per heavy atom. The topological polar surface area (TPSA) is 96.2 Å². The number of H-pyrrole nitrogens is 1. The molecule has 6 nitrogen and oxygen atoms in total. The fourth-order valence-corrected chi connectivity index (χ4v) is 3.44. The van der Waals surface area contributed by atoms with Gasteiger partial charge in [-0.25, -0.2) is 4.98 Å². The molecule has 0 bridgehead atoms. The summed E-state index contributed by atoms with van der Waals surface area (Å²) in [4.78, 5) is 24.3. The predicted molar refractivity (Wildman–Crippen MR) is 121 cm³/mol. The van der Waals surface area contributed by atoms with Crippen molar-refractivity contribution in [1.29, 1.82) is 0 Å². The van der Waals surface area contributed by atoms with Crippen molar-refractivity contribution in [3.05, 3.63) is 81.8 Å². The van der Waals surface area contributed by atoms with E-state index < -0.39 is 0 Å². The molecule has 4 N–H and O–H groups in total. The number of thioether (sulfide) groups is 1. The number of hydrogen-bond acceptors (Lipinski definition) is 4. The molecule has 0 fully saturated rings. The number of aromatic nitrogens is 2. The van der Waals surface area contributed by atoms with Crippen molar-refractivity contribution < 1.29 is 0 Å². The van der Waals surface area contributed by atoms with Crippen LogP contribution in [0.1, 0.15) is 36.6 Å². The van der Waals surface area contributed by atoms with Crippen LogP contribution in [0.25, 0.3) is 0 Å². The van der Waals surface area contributed by atoms with E-state index in [1.54, 1.807) is 11.8 Å². The molecule has 0 amide bonds. The van der Waals surface area contributed by atoms with Crippen LogP contribution in [-0.4, -0.2) is 15.9 Å². The molecular weight excluding hydrogens is 382 g/mol. The molecule has 1 heterocycles. The second-order valence-corrected chi connectivity index (χ2v) is 8.11. The van der Waals surface area contributed by atoms with Gasteiger partial charge in [0.05, 0.1) is 5.69 Å². The fourth-order valence-electron chi connectivity index (χ4n) is 2.65. The van der Waals surface area contributed by atoms with E-state index >= 15 is 0 Å². The van der Waals surface area contributed by atoms with E-state index in [1.165, 1.54) is 17.2 Å². The summed E-state index contributed by atoms with van der Waals surface area (Å²) in [5, 5.41) is 3.02. The standard InChI is InChI=1S/C22H25N5OS/c1-14(2)16-6-8-17(9-7-16)24-21(23)27-22-25-18(12-20(28)26-22)13-29-19-10-4-15(3)5-11-19/h4-12,14H,13H2,1-3H3,(H4,23,24,25,26,27,28). The van der Waals surface area contributed by atoms with Crippen molar-refractivity contribution in [2.75, 3.05) is 5.32 Å². The highest BCUT2D eigenvalue weighted by Gasteiger charge is 2.04. The van der Waals surface area contributed by atoms with Gasteiger partial charge in [-0.1, -0.05) is 43.7 Å². The molecule has 0 saturated carbocycles. The van der Waals surface area contributed by atoms with Gasteiger partial charge in [-0.2, -0.15) is 4.99 Å². The molecule has 2 aromatic carbocycles. The molecule has 3 rings (SSSR count). The van der Waals surface area contributed by atoms with Gasteiger partial charge < -0.3 is 11.1 Å². The second kappa shape index (κ2) is 9.43. The van der Waals surface area contributed by atoms with Gasteiger partial charge in [0.25, 0.3) is 5.56 Å². The largest absolute Gasteiger partial charge is 0.369 e. The number of nitrogens with one attached hydrogen (secondary N) is 2. The maximum Gasteiger partial charge on any atom is 0.252 e. The molecule has 1 aromatic heterocycles. The number of hydrogen-bond donors (Lipinski definition) is 3. The zero-order valence-corrected chi connectivity index (χ0v) is 17.6. The van der Waals surface area contributed by atoms with Crippen LogP contribution in [0.2, 0.25) is 0 Å². The molecule has 0 aliphatic heterocycles. The monoisotopic (exact) mass is 407 g/mol. The lowest BCUT2D eigenvalue weighted by atomic mass is 10.0. The summed E-state index contributed by atoms with van der Waals surface area (Å²) in [6.45, 7) is 6.34. The molecule has 0 unspecified atom stereocenters. The van der Waals surface area contributed by atoms with Crippen LogP contribution in [0.5, 0.6) is 0 Å². The SMILES string of the molecule is Cc1ccc(SCc2cc(=O)[nH]c(/N=C(/N)Nc3ccc(C(C)C)cc3)n2)cc1. The summed E-state index contributed by atoms with van der Waals surface area (Å²) in [5.74, 6) is 1.37. The molecule has 0 aliphatic rings. The Labute approximate surface area is 174 Å². The third kappa shape index (κ3) is 6.22. The summed E-state index contributed by atoms with van der Waals surface area (Å²) >= 11 is 1.61. The average molecular weight is 408 g/mol. The first kappa shape index (κ1) is 20.7. The number of aromatic amines is 1. The fraction of sp³-hybridized carbons (Fsp3) is 0.227. The van der Waals surface area contributed by atoms with E-state index in [4.69, 9.17) is 5.73 Å². The maximum absolute atomic E-state index is 12.0. The summed E-state index contributed by atoms with van der Waals surface area (Å²) in [6, 6.07) is 17.7. The average Bonchev–Trinajstić information content (AvgIpc) is 2.67. The van der Waals surface area contributed by atoms with Gasteiger partial charge in [-0.3, -0.25) is 9.78 Å². The van der Waals surface area contributed by atoms with E-state index in [9.17, 15) is 4.79 Å². The maximum atomic E-state index is 12.0. The third-order valence-corrected chi connectivity index (χ3v) is 5.31. The van der Waals surface area contributed by atoms with Crippen LogP contribution in [0.15, 0.2) is 69.3 Å². The zero-order chi connectivity index (χ0) is 20.8. The molecule has 0 radical (unpaired) electrons. The minimum absolute atomic E-state index is 0.161. The molecule has 0 spiro atoms. The zero-order valence-electron chi connectivity index (χ0n) is 16.8. The lowest BCUT2D eigenvalue weighted by Crippen LogP contribution is -2.22. The van der Waals surface area contributed by atoms with Gasteiger partial charge in [0, 0.05) is 22.4 Å². The number of aryl methyl sites for hydroxylation is 1. The molecule has 7 heteroatoms. The van der Waals surface area contributed by atoms with Crippen molar-refractivity contribution in [1.82, 2.24) is 9.97 Å². The number of nitrogens with zero attached hydrogens (tertiary/aromatic N) is 2. The highest BCUT2D eigenvalue weighted by molar-refractivity contribution is 7.98. The second-order valence-electron chi connectivity index (χ2n) is 7.06. The van der Waals surface area contributed by atoms with E-state index in [1.807, 2.05) is 31.2 Å². The molecule has 150 valence electrons. The van der Waals surface area contributed by atoms with Crippen molar-refractivity contribution in [3.8, 4) is 0 Å². The number of aliphatic imine (C=N–C) groups is 1. The van der Waals surface area contributed by atoms with Crippen LogP contribution in [0.4, 0.5) is 11.6 Å². The number of guanidine groups is 1. The first-order chi connectivity index (χ1) is 13.9. The van der Waals surface area contributed by atoms with Crippen LogP contribution in [0.3, 0.4) is 0 Å². The van der Waals surface area contributed by atoms with Gasteiger partial charge in [0.15, 0.2) is 0 Å². The Morgan fingerprint density at radius 2 is 1.86 bits per heavy atom. The van der Waals surface area contributed by atoms with E-state index in [0.717, 1.165) is 10.6 Å². The summed E-state index contributed by atoms with van der Waals surface area (Å²) in [7, 11) is 0. The highest BCUT2D eigenvalue weighted by Crippen LogP contribution is 2.22. The first-order valence-corrected chi connectivity index (χ1v) is 10.4. The van der Waals surface area contributed by atoms with Crippen LogP contribution < -0.4 is 16.6 Å². The Kier molecular flexibility index (Phi) is 6.72. The smallest absolute Gasteiger partial charge is 0.252 e. The normalized spacial score (nSPS) is 11.7. The lowest BCUT2D eigenvalue weighted by molar-refractivity contribution is 0.867. The third-order valence-electron chi connectivity index (χ3n) is 4.27. The Balaban J connectivity index is 1.69. The van der Waals surface area contributed by atoms with Gasteiger partial charge >= 0.3 is 0 Å². The molecular formula is C22H25N5OS. The molecule has 3 aromatic rings. The molecule has 29 heavy (non-hydrogen) atoms. The molecule has 0 saturated heterocycles. The van der Waals surface area contributed by atoms with Crippen molar-refractivity contribution in [2.45, 2.75) is 37.3 Å². The van der Waals surface area contributed by atoms with Crippen molar-refractivity contribution in [2.24, 2.45) is 10.7 Å². The van der Waals surface area contributed by atoms with Crippen LogP contribution in [0, 0.1) is 6.92 Å². The van der Waals surface area contributed by atoms with Gasteiger partial charge in [-0.15, -0.1) is 11.8 Å². The minimum atomic E-state index is -0.257. The number of benzene rings is 2. The van der Waals surface area contributed by atoms with Crippen LogP contribution in [-0.2, 0) is 5.75 Å². The van der Waals surface area contributed by atoms with E-state index in [-0.39, 0.29) is 17.5 Å². The minimum Gasteiger partial charge on any atom is -0.369 e. The summed E-state index contributed by atoms with van der Waals surface area (Å²) in [6.07, 6.45) is 0. The predicted octanol–water partition coefficient (Wildman–Crippen LogP) is 4.55. The van der Waals surface area contributed by atoms with Crippen molar-refractivity contribution in [3.63, 3.8) is 0 Å². The molecule has 0 atom stereocenters. The van der Waals surface area contributed by atoms with Crippen LogP contribution >= 0.6 is 11.8 Å². The number of rotatable bonds is 6. The summed E-state index contributed by atoms with van der Waals surface area (Å²) < 4.78 is 0. The van der Waals surface area contributed by atoms with Gasteiger partial charge in [0.2, 0.25) is 11.9 Å². The Bertz CT molecular complexity index is 1040. The first-order valence-electron chi connectivity index (χ1n) is 9.40. The summed E-state index contributed by atoms with van der Waals surface area (Å²) in [5.41, 5.74) is 9.65. The Hall–Kier alpha value is -3.06. The lowest BCUT2D eigenvalue weighted by Gasteiger charge is -2.08.